The molecule has 3 atom stereocenters. The van der Waals surface area contributed by atoms with Crippen molar-refractivity contribution in [2.45, 2.75) is 39.5 Å². The van der Waals surface area contributed by atoms with Crippen molar-refractivity contribution in [3.05, 3.63) is 47.7 Å². The van der Waals surface area contributed by atoms with Crippen LogP contribution < -0.4 is 0 Å². The zero-order chi connectivity index (χ0) is 20.6. The summed E-state index contributed by atoms with van der Waals surface area (Å²) in [6.45, 7) is 8.76. The lowest BCUT2D eigenvalue weighted by atomic mass is 9.86. The summed E-state index contributed by atoms with van der Waals surface area (Å²) in [4.78, 5) is 17.3. The number of ether oxygens (including phenoxy) is 2. The zero-order valence-corrected chi connectivity index (χ0v) is 17.6. The fraction of sp³-hybridized carbons (Fsp3) is 0.609. The predicted octanol–water partition coefficient (Wildman–Crippen LogP) is 2.63. The van der Waals surface area contributed by atoms with E-state index in [4.69, 9.17) is 14.6 Å². The highest BCUT2D eigenvalue weighted by molar-refractivity contribution is 5.91. The summed E-state index contributed by atoms with van der Waals surface area (Å²) in [5.41, 5.74) is 1.30. The number of carbonyl (C=O) groups is 1. The SMILES string of the molecule is CCO[C@@H]1OC(C(=O)N2CCN(Cc3ccccc3)CC2)=C[C@H](C)[C@H]1CCCO. The molecule has 1 saturated heterocycles. The summed E-state index contributed by atoms with van der Waals surface area (Å²) in [6, 6.07) is 10.4. The van der Waals surface area contributed by atoms with Gasteiger partial charge in [-0.3, -0.25) is 9.69 Å². The molecule has 1 aromatic rings. The molecule has 2 aliphatic rings. The van der Waals surface area contributed by atoms with Crippen molar-refractivity contribution in [2.24, 2.45) is 11.8 Å². The number of piperazine rings is 1. The molecule has 3 rings (SSSR count). The summed E-state index contributed by atoms with van der Waals surface area (Å²) in [5.74, 6) is 0.695. The van der Waals surface area contributed by atoms with Crippen LogP contribution in [0.2, 0.25) is 0 Å². The Bertz CT molecular complexity index is 671. The van der Waals surface area contributed by atoms with Gasteiger partial charge in [0.2, 0.25) is 6.29 Å². The monoisotopic (exact) mass is 402 g/mol. The lowest BCUT2D eigenvalue weighted by Crippen LogP contribution is -2.49. The van der Waals surface area contributed by atoms with Gasteiger partial charge in [0, 0.05) is 51.9 Å². The van der Waals surface area contributed by atoms with Crippen LogP contribution in [-0.4, -0.2) is 66.5 Å². The number of allylic oxidation sites excluding steroid dienone is 1. The van der Waals surface area contributed by atoms with Gasteiger partial charge in [-0.25, -0.2) is 0 Å². The number of aliphatic hydroxyl groups is 1. The number of hydrogen-bond acceptors (Lipinski definition) is 5. The van der Waals surface area contributed by atoms with Crippen LogP contribution >= 0.6 is 0 Å². The third-order valence-electron chi connectivity index (χ3n) is 5.83. The minimum atomic E-state index is -0.426. The molecule has 0 aromatic heterocycles. The largest absolute Gasteiger partial charge is 0.459 e. The Labute approximate surface area is 174 Å². The van der Waals surface area contributed by atoms with Crippen molar-refractivity contribution in [1.82, 2.24) is 9.80 Å². The molecular formula is C23H34N2O4. The highest BCUT2D eigenvalue weighted by Gasteiger charge is 2.36. The molecule has 6 heteroatoms. The molecule has 0 radical (unpaired) electrons. The Balaban J connectivity index is 1.57. The molecule has 0 saturated carbocycles. The van der Waals surface area contributed by atoms with Gasteiger partial charge >= 0.3 is 0 Å². The molecule has 160 valence electrons. The number of hydrogen-bond donors (Lipinski definition) is 1. The summed E-state index contributed by atoms with van der Waals surface area (Å²) in [5, 5.41) is 9.16. The maximum Gasteiger partial charge on any atom is 0.288 e. The molecule has 1 aromatic carbocycles. The molecular weight excluding hydrogens is 368 g/mol. The molecule has 0 bridgehead atoms. The molecule has 1 amide bonds. The van der Waals surface area contributed by atoms with E-state index in [9.17, 15) is 4.79 Å². The molecule has 1 fully saturated rings. The van der Waals surface area contributed by atoms with E-state index in [1.807, 2.05) is 24.0 Å². The van der Waals surface area contributed by atoms with E-state index < -0.39 is 6.29 Å². The van der Waals surface area contributed by atoms with Gasteiger partial charge in [0.25, 0.3) is 5.91 Å². The quantitative estimate of drug-likeness (QED) is 0.724. The maximum atomic E-state index is 13.1. The predicted molar refractivity (Wildman–Crippen MR) is 112 cm³/mol. The maximum absolute atomic E-state index is 13.1. The van der Waals surface area contributed by atoms with Gasteiger partial charge in [0.05, 0.1) is 0 Å². The third kappa shape index (κ3) is 5.81. The molecule has 2 heterocycles. The molecule has 29 heavy (non-hydrogen) atoms. The lowest BCUT2D eigenvalue weighted by molar-refractivity contribution is -0.175. The van der Waals surface area contributed by atoms with E-state index in [0.29, 0.717) is 31.9 Å². The van der Waals surface area contributed by atoms with Crippen LogP contribution in [-0.2, 0) is 20.8 Å². The smallest absolute Gasteiger partial charge is 0.288 e. The highest BCUT2D eigenvalue weighted by Crippen LogP contribution is 2.33. The number of amides is 1. The first-order valence-corrected chi connectivity index (χ1v) is 10.8. The van der Waals surface area contributed by atoms with Crippen LogP contribution in [0, 0.1) is 11.8 Å². The third-order valence-corrected chi connectivity index (χ3v) is 5.83. The Morgan fingerprint density at radius 3 is 2.59 bits per heavy atom. The molecule has 1 N–H and O–H groups in total. The molecule has 0 unspecified atom stereocenters. The fourth-order valence-electron chi connectivity index (χ4n) is 4.14. The van der Waals surface area contributed by atoms with Crippen LogP contribution in [0.5, 0.6) is 0 Å². The van der Waals surface area contributed by atoms with Crippen molar-refractivity contribution in [2.75, 3.05) is 39.4 Å². The van der Waals surface area contributed by atoms with E-state index >= 15 is 0 Å². The topological polar surface area (TPSA) is 62.2 Å². The summed E-state index contributed by atoms with van der Waals surface area (Å²) >= 11 is 0. The normalized spacial score (nSPS) is 25.4. The van der Waals surface area contributed by atoms with E-state index in [2.05, 4.69) is 36.1 Å². The number of nitrogens with zero attached hydrogens (tertiary/aromatic N) is 2. The van der Waals surface area contributed by atoms with Crippen molar-refractivity contribution < 1.29 is 19.4 Å². The first-order valence-electron chi connectivity index (χ1n) is 10.8. The fourth-order valence-corrected chi connectivity index (χ4v) is 4.14. The van der Waals surface area contributed by atoms with Crippen LogP contribution in [0.3, 0.4) is 0 Å². The molecule has 0 aliphatic carbocycles. The zero-order valence-electron chi connectivity index (χ0n) is 17.6. The van der Waals surface area contributed by atoms with E-state index in [0.717, 1.165) is 26.1 Å². The van der Waals surface area contributed by atoms with Gasteiger partial charge in [0.15, 0.2) is 5.76 Å². The number of carbonyl (C=O) groups excluding carboxylic acids is 1. The van der Waals surface area contributed by atoms with Crippen LogP contribution in [0.25, 0.3) is 0 Å². The summed E-state index contributed by atoms with van der Waals surface area (Å²) < 4.78 is 11.8. The molecule has 6 nitrogen and oxygen atoms in total. The Kier molecular flexibility index (Phi) is 8.09. The second kappa shape index (κ2) is 10.8. The Morgan fingerprint density at radius 2 is 1.93 bits per heavy atom. The van der Waals surface area contributed by atoms with Gasteiger partial charge in [-0.15, -0.1) is 0 Å². The Morgan fingerprint density at radius 1 is 1.21 bits per heavy atom. The minimum Gasteiger partial charge on any atom is -0.459 e. The van der Waals surface area contributed by atoms with E-state index in [1.54, 1.807) is 0 Å². The molecule has 0 spiro atoms. The van der Waals surface area contributed by atoms with Gasteiger partial charge in [-0.1, -0.05) is 37.3 Å². The second-order valence-corrected chi connectivity index (χ2v) is 7.92. The van der Waals surface area contributed by atoms with Gasteiger partial charge in [-0.2, -0.15) is 0 Å². The van der Waals surface area contributed by atoms with Crippen molar-refractivity contribution in [3.63, 3.8) is 0 Å². The summed E-state index contributed by atoms with van der Waals surface area (Å²) in [6.07, 6.45) is 3.04. The number of aliphatic hydroxyl groups excluding tert-OH is 1. The Hall–Kier alpha value is -1.89. The van der Waals surface area contributed by atoms with Crippen LogP contribution in [0.15, 0.2) is 42.2 Å². The van der Waals surface area contributed by atoms with Crippen LogP contribution in [0.4, 0.5) is 0 Å². The first-order chi connectivity index (χ1) is 14.1. The molecule has 2 aliphatic heterocycles. The van der Waals surface area contributed by atoms with Crippen molar-refractivity contribution >= 4 is 5.91 Å². The number of rotatable bonds is 8. The van der Waals surface area contributed by atoms with Crippen molar-refractivity contribution in [1.29, 1.82) is 0 Å². The highest BCUT2D eigenvalue weighted by atomic mass is 16.7. The van der Waals surface area contributed by atoms with Crippen molar-refractivity contribution in [3.8, 4) is 0 Å². The average molecular weight is 403 g/mol. The average Bonchev–Trinajstić information content (AvgIpc) is 2.74. The van der Waals surface area contributed by atoms with Gasteiger partial charge in [-0.05, 0) is 37.3 Å². The van der Waals surface area contributed by atoms with Crippen LogP contribution in [0.1, 0.15) is 32.3 Å². The second-order valence-electron chi connectivity index (χ2n) is 7.92. The van der Waals surface area contributed by atoms with Gasteiger partial charge < -0.3 is 19.5 Å². The minimum absolute atomic E-state index is 0.0403. The lowest BCUT2D eigenvalue weighted by Gasteiger charge is -2.38. The standard InChI is InChI=1S/C23H34N2O4/c1-3-28-23-20(10-7-15-26)18(2)16-21(29-23)22(27)25-13-11-24(12-14-25)17-19-8-5-4-6-9-19/h4-6,8-9,16,18,20,23,26H,3,7,10-15,17H2,1-2H3/t18-,20+,23+/m0/s1. The number of benzene rings is 1. The first kappa shape index (κ1) is 21.8. The summed E-state index contributed by atoms with van der Waals surface area (Å²) in [7, 11) is 0. The van der Waals surface area contributed by atoms with E-state index in [1.165, 1.54) is 5.56 Å². The van der Waals surface area contributed by atoms with E-state index in [-0.39, 0.29) is 24.3 Å². The van der Waals surface area contributed by atoms with Gasteiger partial charge in [0.1, 0.15) is 0 Å².